The minimum Gasteiger partial charge on any atom is -0.379 e. The van der Waals surface area contributed by atoms with Crippen LogP contribution in [0.5, 0.6) is 0 Å². The van der Waals surface area contributed by atoms with Crippen LogP contribution in [-0.2, 0) is 16.1 Å². The topological polar surface area (TPSA) is 54.0 Å². The zero-order valence-electron chi connectivity index (χ0n) is 18.1. The van der Waals surface area contributed by atoms with Crippen molar-refractivity contribution in [2.45, 2.75) is 31.6 Å². The summed E-state index contributed by atoms with van der Waals surface area (Å²) in [5.74, 6) is 0. The molecule has 2 aliphatic rings. The van der Waals surface area contributed by atoms with Gasteiger partial charge in [0, 0.05) is 32.7 Å². The largest absolute Gasteiger partial charge is 0.379 e. The third kappa shape index (κ3) is 6.53. The maximum absolute atomic E-state index is 13.0. The van der Waals surface area contributed by atoms with Gasteiger partial charge in [0.15, 0.2) is 0 Å². The van der Waals surface area contributed by atoms with Gasteiger partial charge >= 0.3 is 6.03 Å². The van der Waals surface area contributed by atoms with Crippen LogP contribution in [0, 0.1) is 0 Å². The van der Waals surface area contributed by atoms with E-state index in [0.29, 0.717) is 6.61 Å². The highest BCUT2D eigenvalue weighted by Crippen LogP contribution is 2.19. The Bertz CT molecular complexity index is 788. The molecule has 1 N–H and O–H groups in total. The van der Waals surface area contributed by atoms with E-state index in [4.69, 9.17) is 9.47 Å². The highest BCUT2D eigenvalue weighted by molar-refractivity contribution is 5.74. The number of nitrogens with zero attached hydrogens (tertiary/aromatic N) is 2. The molecule has 0 aliphatic carbocycles. The molecule has 2 amide bonds. The summed E-state index contributed by atoms with van der Waals surface area (Å²) < 4.78 is 11.5. The third-order valence-electron chi connectivity index (χ3n) is 6.10. The molecule has 1 unspecified atom stereocenters. The molecule has 2 saturated heterocycles. The van der Waals surface area contributed by atoms with Crippen LogP contribution >= 0.6 is 0 Å². The lowest BCUT2D eigenvalue weighted by atomic mass is 10.1. The number of nitrogens with one attached hydrogen (secondary N) is 1. The van der Waals surface area contributed by atoms with Crippen LogP contribution in [0.4, 0.5) is 4.79 Å². The van der Waals surface area contributed by atoms with E-state index in [-0.39, 0.29) is 18.2 Å². The van der Waals surface area contributed by atoms with Gasteiger partial charge in [0.1, 0.15) is 0 Å². The summed E-state index contributed by atoms with van der Waals surface area (Å²) in [6, 6.07) is 20.5. The van der Waals surface area contributed by atoms with Crippen molar-refractivity contribution < 1.29 is 14.3 Å². The number of hydrogen-bond donors (Lipinski definition) is 1. The monoisotopic (exact) mass is 423 g/mol. The number of carbonyl (C=O) groups excluding carboxylic acids is 1. The molecule has 2 aromatic rings. The van der Waals surface area contributed by atoms with Crippen molar-refractivity contribution in [2.24, 2.45) is 0 Å². The predicted octanol–water partition coefficient (Wildman–Crippen LogP) is 3.45. The van der Waals surface area contributed by atoms with Crippen LogP contribution < -0.4 is 5.32 Å². The van der Waals surface area contributed by atoms with Crippen molar-refractivity contribution in [3.63, 3.8) is 0 Å². The van der Waals surface area contributed by atoms with Gasteiger partial charge in [0.25, 0.3) is 0 Å². The predicted molar refractivity (Wildman–Crippen MR) is 121 cm³/mol. The average Bonchev–Trinajstić information content (AvgIpc) is 2.84. The van der Waals surface area contributed by atoms with Gasteiger partial charge in [-0.2, -0.15) is 0 Å². The first-order chi connectivity index (χ1) is 15.3. The molecule has 0 saturated carbocycles. The molecule has 2 heterocycles. The van der Waals surface area contributed by atoms with Gasteiger partial charge in [0.2, 0.25) is 0 Å². The number of hydrogen-bond acceptors (Lipinski definition) is 4. The number of likely N-dealkylation sites (tertiary alicyclic amines) is 1. The van der Waals surface area contributed by atoms with Crippen LogP contribution in [-0.4, -0.2) is 67.9 Å². The number of benzene rings is 2. The van der Waals surface area contributed by atoms with E-state index in [9.17, 15) is 4.79 Å². The molecule has 1 atom stereocenters. The Morgan fingerprint density at radius 2 is 1.61 bits per heavy atom. The standard InChI is InChI=1S/C25H33N3O3/c29-25(28-13-11-23(12-14-28)31-20-21-7-3-1-4-8-21)26-24(22-9-5-2-6-10-22)19-27-15-17-30-18-16-27/h1-10,23-24H,11-20H2,(H,26,29). The molecule has 2 fully saturated rings. The van der Waals surface area contributed by atoms with Crippen LogP contribution in [0.1, 0.15) is 30.0 Å². The van der Waals surface area contributed by atoms with Crippen molar-refractivity contribution in [1.82, 2.24) is 15.1 Å². The molecule has 0 spiro atoms. The van der Waals surface area contributed by atoms with Gasteiger partial charge in [-0.05, 0) is 24.0 Å². The van der Waals surface area contributed by atoms with E-state index < -0.39 is 0 Å². The van der Waals surface area contributed by atoms with Gasteiger partial charge in [-0.25, -0.2) is 4.79 Å². The SMILES string of the molecule is O=C(NC(CN1CCOCC1)c1ccccc1)N1CCC(OCc2ccccc2)CC1. The number of carbonyl (C=O) groups is 1. The molecule has 0 bridgehead atoms. The van der Waals surface area contributed by atoms with Crippen molar-refractivity contribution >= 4 is 6.03 Å². The first-order valence-electron chi connectivity index (χ1n) is 11.3. The normalized spacial score (nSPS) is 19.2. The molecule has 2 aliphatic heterocycles. The number of rotatable bonds is 7. The Morgan fingerprint density at radius 3 is 2.29 bits per heavy atom. The zero-order chi connectivity index (χ0) is 21.3. The van der Waals surface area contributed by atoms with Crippen molar-refractivity contribution in [1.29, 1.82) is 0 Å². The first kappa shape index (κ1) is 21.8. The fourth-order valence-corrected chi connectivity index (χ4v) is 4.22. The summed E-state index contributed by atoms with van der Waals surface area (Å²) in [5, 5.41) is 3.29. The zero-order valence-corrected chi connectivity index (χ0v) is 18.1. The number of piperidine rings is 1. The van der Waals surface area contributed by atoms with Crippen LogP contribution in [0.3, 0.4) is 0 Å². The summed E-state index contributed by atoms with van der Waals surface area (Å²) >= 11 is 0. The molecular formula is C25H33N3O3. The van der Waals surface area contributed by atoms with Crippen molar-refractivity contribution in [3.8, 4) is 0 Å². The summed E-state index contributed by atoms with van der Waals surface area (Å²) in [4.78, 5) is 17.3. The van der Waals surface area contributed by atoms with Gasteiger partial charge in [-0.3, -0.25) is 4.90 Å². The fourth-order valence-electron chi connectivity index (χ4n) is 4.22. The van der Waals surface area contributed by atoms with E-state index in [1.807, 2.05) is 41.3 Å². The summed E-state index contributed by atoms with van der Waals surface area (Å²) in [7, 11) is 0. The lowest BCUT2D eigenvalue weighted by Crippen LogP contribution is -2.49. The fraction of sp³-hybridized carbons (Fsp3) is 0.480. The van der Waals surface area contributed by atoms with Crippen molar-refractivity contribution in [2.75, 3.05) is 45.9 Å². The number of morpholine rings is 1. The van der Waals surface area contributed by atoms with E-state index in [0.717, 1.165) is 64.3 Å². The smallest absolute Gasteiger partial charge is 0.317 e. The van der Waals surface area contributed by atoms with E-state index in [1.165, 1.54) is 5.56 Å². The Balaban J connectivity index is 1.28. The maximum Gasteiger partial charge on any atom is 0.317 e. The molecule has 166 valence electrons. The molecule has 6 heteroatoms. The highest BCUT2D eigenvalue weighted by Gasteiger charge is 2.26. The van der Waals surface area contributed by atoms with Crippen LogP contribution in [0.2, 0.25) is 0 Å². The molecule has 6 nitrogen and oxygen atoms in total. The number of amides is 2. The van der Waals surface area contributed by atoms with Gasteiger partial charge < -0.3 is 19.7 Å². The van der Waals surface area contributed by atoms with Gasteiger partial charge in [-0.15, -0.1) is 0 Å². The van der Waals surface area contributed by atoms with Gasteiger partial charge in [-0.1, -0.05) is 60.7 Å². The molecule has 4 rings (SSSR count). The molecular weight excluding hydrogens is 390 g/mol. The summed E-state index contributed by atoms with van der Waals surface area (Å²) in [6.07, 6.45) is 1.96. The molecule has 0 radical (unpaired) electrons. The quantitative estimate of drug-likeness (QED) is 0.741. The number of ether oxygens (including phenoxy) is 2. The molecule has 0 aromatic heterocycles. The molecule has 31 heavy (non-hydrogen) atoms. The van der Waals surface area contributed by atoms with E-state index >= 15 is 0 Å². The minimum absolute atomic E-state index is 0.0172. The van der Waals surface area contributed by atoms with Crippen LogP contribution in [0.15, 0.2) is 60.7 Å². The van der Waals surface area contributed by atoms with Crippen LogP contribution in [0.25, 0.3) is 0 Å². The summed E-state index contributed by atoms with van der Waals surface area (Å²) in [5.41, 5.74) is 2.33. The minimum atomic E-state index is -0.0288. The van der Waals surface area contributed by atoms with E-state index in [1.54, 1.807) is 0 Å². The Labute approximate surface area is 185 Å². The molecule has 2 aromatic carbocycles. The van der Waals surface area contributed by atoms with E-state index in [2.05, 4.69) is 34.5 Å². The third-order valence-corrected chi connectivity index (χ3v) is 6.10. The Kier molecular flexibility index (Phi) is 7.93. The first-order valence-corrected chi connectivity index (χ1v) is 11.3. The maximum atomic E-state index is 13.0. The number of urea groups is 1. The average molecular weight is 424 g/mol. The highest BCUT2D eigenvalue weighted by atomic mass is 16.5. The lowest BCUT2D eigenvalue weighted by molar-refractivity contribution is 0.00392. The second-order valence-corrected chi connectivity index (χ2v) is 8.31. The Hall–Kier alpha value is -2.41. The second-order valence-electron chi connectivity index (χ2n) is 8.31. The summed E-state index contributed by atoms with van der Waals surface area (Å²) in [6.45, 7) is 6.21. The Morgan fingerprint density at radius 1 is 0.968 bits per heavy atom. The van der Waals surface area contributed by atoms with Crippen molar-refractivity contribution in [3.05, 3.63) is 71.8 Å². The lowest BCUT2D eigenvalue weighted by Gasteiger charge is -2.35. The second kappa shape index (κ2) is 11.3. The van der Waals surface area contributed by atoms with Gasteiger partial charge in [0.05, 0.1) is 32.0 Å².